The van der Waals surface area contributed by atoms with Gasteiger partial charge in [-0.3, -0.25) is 4.79 Å². The summed E-state index contributed by atoms with van der Waals surface area (Å²) in [5, 5.41) is 0. The highest BCUT2D eigenvalue weighted by Crippen LogP contribution is 2.10. The van der Waals surface area contributed by atoms with Gasteiger partial charge >= 0.3 is 5.97 Å². The Bertz CT molecular complexity index is 491. The van der Waals surface area contributed by atoms with E-state index >= 15 is 0 Å². The maximum absolute atomic E-state index is 11.4. The van der Waals surface area contributed by atoms with Crippen molar-refractivity contribution in [3.8, 4) is 5.69 Å². The van der Waals surface area contributed by atoms with Crippen LogP contribution in [0.25, 0.3) is 5.69 Å². The van der Waals surface area contributed by atoms with Gasteiger partial charge in [-0.1, -0.05) is 18.2 Å². The van der Waals surface area contributed by atoms with Gasteiger partial charge in [-0.2, -0.15) is 0 Å². The van der Waals surface area contributed by atoms with Crippen LogP contribution in [-0.4, -0.2) is 22.1 Å². The largest absolute Gasteiger partial charge is 0.466 e. The predicted molar refractivity (Wildman–Crippen MR) is 63.9 cm³/mol. The van der Waals surface area contributed by atoms with Gasteiger partial charge in [0.15, 0.2) is 0 Å². The zero-order valence-electron chi connectivity index (χ0n) is 9.67. The van der Waals surface area contributed by atoms with Crippen LogP contribution in [0.3, 0.4) is 0 Å². The van der Waals surface area contributed by atoms with Crippen LogP contribution in [0.2, 0.25) is 0 Å². The lowest BCUT2D eigenvalue weighted by molar-refractivity contribution is -0.142. The average molecular weight is 230 g/mol. The molecule has 2 aromatic rings. The van der Waals surface area contributed by atoms with Crippen LogP contribution in [0.15, 0.2) is 42.7 Å². The smallest absolute Gasteiger partial charge is 0.313 e. The normalized spacial score (nSPS) is 10.2. The van der Waals surface area contributed by atoms with E-state index in [1.54, 1.807) is 13.1 Å². The van der Waals surface area contributed by atoms with Crippen molar-refractivity contribution in [3.63, 3.8) is 0 Å². The Labute approximate surface area is 99.9 Å². The number of aromatic nitrogens is 2. The summed E-state index contributed by atoms with van der Waals surface area (Å²) in [6.45, 7) is 2.19. The molecule has 0 fully saturated rings. The van der Waals surface area contributed by atoms with Gasteiger partial charge in [-0.05, 0) is 19.1 Å². The van der Waals surface area contributed by atoms with Gasteiger partial charge < -0.3 is 9.30 Å². The Morgan fingerprint density at radius 1 is 1.35 bits per heavy atom. The molecule has 0 aliphatic carbocycles. The quantitative estimate of drug-likeness (QED) is 0.754. The molecule has 1 aromatic carbocycles. The molecule has 0 saturated heterocycles. The highest BCUT2D eigenvalue weighted by molar-refractivity contribution is 5.71. The number of benzene rings is 1. The standard InChI is InChI=1S/C13H14N2O2/c1-2-17-13(16)10-12-14-8-9-15(12)11-6-4-3-5-7-11/h3-9H,2,10H2,1H3. The van der Waals surface area contributed by atoms with Gasteiger partial charge in [0.05, 0.1) is 6.61 Å². The molecule has 0 aliphatic rings. The third-order valence-electron chi connectivity index (χ3n) is 2.36. The second kappa shape index (κ2) is 5.30. The molecule has 0 bridgehead atoms. The van der Waals surface area contributed by atoms with Crippen molar-refractivity contribution in [2.75, 3.05) is 6.61 Å². The van der Waals surface area contributed by atoms with Crippen LogP contribution >= 0.6 is 0 Å². The number of esters is 1. The van der Waals surface area contributed by atoms with Crippen molar-refractivity contribution in [3.05, 3.63) is 48.5 Å². The van der Waals surface area contributed by atoms with Gasteiger partial charge in [-0.15, -0.1) is 0 Å². The zero-order valence-corrected chi connectivity index (χ0v) is 9.67. The lowest BCUT2D eigenvalue weighted by Crippen LogP contribution is -2.11. The van der Waals surface area contributed by atoms with Crippen LogP contribution in [0.4, 0.5) is 0 Å². The van der Waals surface area contributed by atoms with Gasteiger partial charge in [0.2, 0.25) is 0 Å². The van der Waals surface area contributed by atoms with Crippen molar-refractivity contribution in [2.45, 2.75) is 13.3 Å². The fourth-order valence-corrected chi connectivity index (χ4v) is 1.63. The number of ether oxygens (including phenoxy) is 1. The molecular formula is C13H14N2O2. The number of imidazole rings is 1. The van der Waals surface area contributed by atoms with E-state index in [4.69, 9.17) is 4.74 Å². The maximum Gasteiger partial charge on any atom is 0.313 e. The van der Waals surface area contributed by atoms with Gasteiger partial charge in [-0.25, -0.2) is 4.98 Å². The van der Waals surface area contributed by atoms with E-state index in [1.165, 1.54) is 0 Å². The lowest BCUT2D eigenvalue weighted by atomic mass is 10.3. The third-order valence-corrected chi connectivity index (χ3v) is 2.36. The minimum atomic E-state index is -0.254. The van der Waals surface area contributed by atoms with E-state index in [2.05, 4.69) is 4.98 Å². The average Bonchev–Trinajstić information content (AvgIpc) is 2.78. The summed E-state index contributed by atoms with van der Waals surface area (Å²) in [6.07, 6.45) is 3.71. The molecule has 0 spiro atoms. The number of hydrogen-bond acceptors (Lipinski definition) is 3. The van der Waals surface area contributed by atoms with Crippen LogP contribution in [0.5, 0.6) is 0 Å². The molecule has 0 radical (unpaired) electrons. The first-order chi connectivity index (χ1) is 8.31. The van der Waals surface area contributed by atoms with E-state index in [0.29, 0.717) is 12.4 Å². The van der Waals surface area contributed by atoms with Crippen molar-refractivity contribution in [2.24, 2.45) is 0 Å². The third kappa shape index (κ3) is 2.72. The molecule has 0 atom stereocenters. The molecule has 0 amide bonds. The maximum atomic E-state index is 11.4. The minimum absolute atomic E-state index is 0.190. The van der Waals surface area contributed by atoms with Crippen LogP contribution in [0.1, 0.15) is 12.7 Å². The monoisotopic (exact) mass is 230 g/mol. The van der Waals surface area contributed by atoms with E-state index in [-0.39, 0.29) is 12.4 Å². The number of rotatable bonds is 4. The highest BCUT2D eigenvalue weighted by atomic mass is 16.5. The first-order valence-electron chi connectivity index (χ1n) is 5.54. The fraction of sp³-hybridized carbons (Fsp3) is 0.231. The number of carbonyl (C=O) groups excluding carboxylic acids is 1. The van der Waals surface area contributed by atoms with Gasteiger partial charge in [0.25, 0.3) is 0 Å². The van der Waals surface area contributed by atoms with E-state index in [1.807, 2.05) is 41.1 Å². The number of para-hydroxylation sites is 1. The Kier molecular flexibility index (Phi) is 3.55. The van der Waals surface area contributed by atoms with Gasteiger partial charge in [0.1, 0.15) is 12.2 Å². The minimum Gasteiger partial charge on any atom is -0.466 e. The number of hydrogen-bond donors (Lipinski definition) is 0. The summed E-state index contributed by atoms with van der Waals surface area (Å²) < 4.78 is 6.80. The first kappa shape index (κ1) is 11.4. The molecule has 0 N–H and O–H groups in total. The molecular weight excluding hydrogens is 216 g/mol. The molecule has 4 heteroatoms. The van der Waals surface area contributed by atoms with Crippen molar-refractivity contribution in [1.29, 1.82) is 0 Å². The summed E-state index contributed by atoms with van der Waals surface area (Å²) in [5.74, 6) is 0.436. The van der Waals surface area contributed by atoms with Crippen molar-refractivity contribution in [1.82, 2.24) is 9.55 Å². The predicted octanol–water partition coefficient (Wildman–Crippen LogP) is 1.98. The summed E-state index contributed by atoms with van der Waals surface area (Å²) in [4.78, 5) is 15.6. The van der Waals surface area contributed by atoms with Crippen molar-refractivity contribution < 1.29 is 9.53 Å². The lowest BCUT2D eigenvalue weighted by Gasteiger charge is -2.07. The summed E-state index contributed by atoms with van der Waals surface area (Å²) in [6, 6.07) is 9.78. The molecule has 0 aliphatic heterocycles. The molecule has 17 heavy (non-hydrogen) atoms. The number of nitrogens with zero attached hydrogens (tertiary/aromatic N) is 2. The SMILES string of the molecule is CCOC(=O)Cc1nccn1-c1ccccc1. The number of carbonyl (C=O) groups is 1. The summed E-state index contributed by atoms with van der Waals surface area (Å²) >= 11 is 0. The van der Waals surface area contributed by atoms with E-state index < -0.39 is 0 Å². The molecule has 0 saturated carbocycles. The first-order valence-corrected chi connectivity index (χ1v) is 5.54. The molecule has 1 aromatic heterocycles. The van der Waals surface area contributed by atoms with E-state index in [0.717, 1.165) is 5.69 Å². The molecule has 88 valence electrons. The van der Waals surface area contributed by atoms with Crippen LogP contribution in [-0.2, 0) is 16.0 Å². The topological polar surface area (TPSA) is 44.1 Å². The zero-order chi connectivity index (χ0) is 12.1. The van der Waals surface area contributed by atoms with Crippen LogP contribution < -0.4 is 0 Å². The highest BCUT2D eigenvalue weighted by Gasteiger charge is 2.10. The second-order valence-corrected chi connectivity index (χ2v) is 3.53. The Balaban J connectivity index is 2.20. The Morgan fingerprint density at radius 2 is 2.12 bits per heavy atom. The van der Waals surface area contributed by atoms with Gasteiger partial charge in [0, 0.05) is 18.1 Å². The van der Waals surface area contributed by atoms with Crippen molar-refractivity contribution >= 4 is 5.97 Å². The molecule has 0 unspecified atom stereocenters. The second-order valence-electron chi connectivity index (χ2n) is 3.53. The molecule has 2 rings (SSSR count). The fourth-order valence-electron chi connectivity index (χ4n) is 1.63. The molecule has 4 nitrogen and oxygen atoms in total. The summed E-state index contributed by atoms with van der Waals surface area (Å²) in [7, 11) is 0. The summed E-state index contributed by atoms with van der Waals surface area (Å²) in [5.41, 5.74) is 0.990. The Hall–Kier alpha value is -2.10. The molecule has 1 heterocycles. The van der Waals surface area contributed by atoms with Crippen LogP contribution in [0, 0.1) is 0 Å². The Morgan fingerprint density at radius 3 is 2.82 bits per heavy atom. The van der Waals surface area contributed by atoms with E-state index in [9.17, 15) is 4.79 Å².